The monoisotopic (exact) mass is 227 g/mol. The molecule has 2 aromatic rings. The van der Waals surface area contributed by atoms with Gasteiger partial charge in [-0.05, 0) is 37.8 Å². The molecule has 1 aromatic carbocycles. The van der Waals surface area contributed by atoms with Crippen LogP contribution in [0.1, 0.15) is 25.3 Å². The second-order valence-corrected chi connectivity index (χ2v) is 4.52. The lowest BCUT2D eigenvalue weighted by Gasteiger charge is -2.05. The average molecular weight is 227 g/mol. The molecule has 0 bridgehead atoms. The summed E-state index contributed by atoms with van der Waals surface area (Å²) in [5.41, 5.74) is 3.23. The molecule has 0 unspecified atom stereocenters. The maximum atomic E-state index is 11.5. The molecule has 0 saturated heterocycles. The fraction of sp³-hybridized carbons (Fsp3) is 0.267. The number of hydrogen-bond acceptors (Lipinski definition) is 1. The molecular weight excluding hydrogens is 210 g/mol. The Balaban J connectivity index is 2.32. The van der Waals surface area contributed by atoms with Crippen LogP contribution in [0, 0.1) is 0 Å². The fourth-order valence-corrected chi connectivity index (χ4v) is 2.06. The van der Waals surface area contributed by atoms with E-state index in [1.165, 1.54) is 5.57 Å². The molecule has 0 atom stereocenters. The van der Waals surface area contributed by atoms with E-state index in [-0.39, 0.29) is 5.56 Å². The van der Waals surface area contributed by atoms with E-state index in [9.17, 15) is 4.79 Å². The number of aryl methyl sites for hydroxylation is 1. The van der Waals surface area contributed by atoms with Crippen LogP contribution in [-0.2, 0) is 6.42 Å². The number of allylic oxidation sites excluding steroid dienone is 1. The molecule has 0 saturated carbocycles. The highest BCUT2D eigenvalue weighted by atomic mass is 16.1. The Morgan fingerprint density at radius 3 is 2.88 bits per heavy atom. The predicted octanol–water partition coefficient (Wildman–Crippen LogP) is 3.43. The largest absolute Gasteiger partial charge is 0.322 e. The molecular formula is C15H17NO. The highest BCUT2D eigenvalue weighted by Gasteiger charge is 2.02. The number of fused-ring (bicyclic) bond motifs is 1. The SMILES string of the molecule is C=C(C)CCCc1cc(=O)[nH]c2ccccc12. The van der Waals surface area contributed by atoms with Crippen molar-refractivity contribution in [2.24, 2.45) is 0 Å². The number of para-hydroxylation sites is 1. The first kappa shape index (κ1) is 11.6. The van der Waals surface area contributed by atoms with E-state index < -0.39 is 0 Å². The molecule has 0 fully saturated rings. The van der Waals surface area contributed by atoms with Crippen molar-refractivity contribution in [2.45, 2.75) is 26.2 Å². The molecule has 2 nitrogen and oxygen atoms in total. The van der Waals surface area contributed by atoms with E-state index in [0.29, 0.717) is 0 Å². The Bertz CT molecular complexity index is 595. The quantitative estimate of drug-likeness (QED) is 0.797. The molecule has 0 aliphatic rings. The molecule has 0 amide bonds. The standard InChI is InChI=1S/C15H17NO/c1-11(2)6-5-7-12-10-15(17)16-14-9-4-3-8-13(12)14/h3-4,8-10H,1,5-7H2,2H3,(H,16,17). The summed E-state index contributed by atoms with van der Waals surface area (Å²) in [7, 11) is 0. The van der Waals surface area contributed by atoms with Crippen LogP contribution in [0.3, 0.4) is 0 Å². The summed E-state index contributed by atoms with van der Waals surface area (Å²) in [6.45, 7) is 5.94. The molecule has 1 aromatic heterocycles. The number of pyridine rings is 1. The minimum absolute atomic E-state index is 0.0194. The number of rotatable bonds is 4. The van der Waals surface area contributed by atoms with Crippen LogP contribution >= 0.6 is 0 Å². The van der Waals surface area contributed by atoms with Crippen LogP contribution in [-0.4, -0.2) is 4.98 Å². The first-order valence-electron chi connectivity index (χ1n) is 5.92. The van der Waals surface area contributed by atoms with Crippen molar-refractivity contribution in [1.29, 1.82) is 0 Å². The summed E-state index contributed by atoms with van der Waals surface area (Å²) in [6, 6.07) is 9.65. The Morgan fingerprint density at radius 1 is 1.35 bits per heavy atom. The van der Waals surface area contributed by atoms with Crippen molar-refractivity contribution in [3.8, 4) is 0 Å². The average Bonchev–Trinajstić information content (AvgIpc) is 2.28. The van der Waals surface area contributed by atoms with Crippen LogP contribution in [0.2, 0.25) is 0 Å². The summed E-state index contributed by atoms with van der Waals surface area (Å²) < 4.78 is 0. The van der Waals surface area contributed by atoms with Gasteiger partial charge >= 0.3 is 0 Å². The number of H-pyrrole nitrogens is 1. The van der Waals surface area contributed by atoms with E-state index in [0.717, 1.165) is 35.7 Å². The molecule has 2 heteroatoms. The van der Waals surface area contributed by atoms with E-state index in [1.54, 1.807) is 6.07 Å². The van der Waals surface area contributed by atoms with Crippen molar-refractivity contribution >= 4 is 10.9 Å². The maximum Gasteiger partial charge on any atom is 0.248 e. The zero-order valence-corrected chi connectivity index (χ0v) is 10.1. The molecule has 0 aliphatic carbocycles. The van der Waals surface area contributed by atoms with Crippen molar-refractivity contribution < 1.29 is 0 Å². The van der Waals surface area contributed by atoms with Gasteiger partial charge in [-0.15, -0.1) is 6.58 Å². The third kappa shape index (κ3) is 2.84. The van der Waals surface area contributed by atoms with Crippen molar-refractivity contribution in [1.82, 2.24) is 4.98 Å². The Hall–Kier alpha value is -1.83. The van der Waals surface area contributed by atoms with Crippen LogP contribution in [0.15, 0.2) is 47.3 Å². The third-order valence-corrected chi connectivity index (χ3v) is 2.89. The summed E-state index contributed by atoms with van der Waals surface area (Å²) in [6.07, 6.45) is 2.99. The number of nitrogens with one attached hydrogen (secondary N) is 1. The van der Waals surface area contributed by atoms with Gasteiger partial charge in [-0.2, -0.15) is 0 Å². The maximum absolute atomic E-state index is 11.5. The molecule has 0 spiro atoms. The second kappa shape index (κ2) is 5.00. The summed E-state index contributed by atoms with van der Waals surface area (Å²) in [5.74, 6) is 0. The van der Waals surface area contributed by atoms with Gasteiger partial charge in [-0.25, -0.2) is 0 Å². The van der Waals surface area contributed by atoms with E-state index >= 15 is 0 Å². The van der Waals surface area contributed by atoms with Gasteiger partial charge in [0.05, 0.1) is 0 Å². The lowest BCUT2D eigenvalue weighted by molar-refractivity contribution is 0.816. The van der Waals surface area contributed by atoms with E-state index in [4.69, 9.17) is 0 Å². The predicted molar refractivity (Wildman–Crippen MR) is 72.3 cm³/mol. The summed E-state index contributed by atoms with van der Waals surface area (Å²) in [5, 5.41) is 1.15. The van der Waals surface area contributed by atoms with Gasteiger partial charge in [0.25, 0.3) is 0 Å². The lowest BCUT2D eigenvalue weighted by Crippen LogP contribution is -2.06. The van der Waals surface area contributed by atoms with Crippen LogP contribution in [0.5, 0.6) is 0 Å². The Kier molecular flexibility index (Phi) is 3.43. The lowest BCUT2D eigenvalue weighted by atomic mass is 10.0. The van der Waals surface area contributed by atoms with Gasteiger partial charge in [0.15, 0.2) is 0 Å². The fourth-order valence-electron chi connectivity index (χ4n) is 2.06. The van der Waals surface area contributed by atoms with Gasteiger partial charge in [-0.1, -0.05) is 23.8 Å². The van der Waals surface area contributed by atoms with Gasteiger partial charge in [0, 0.05) is 17.0 Å². The minimum Gasteiger partial charge on any atom is -0.322 e. The van der Waals surface area contributed by atoms with Crippen LogP contribution in [0.4, 0.5) is 0 Å². The number of benzene rings is 1. The first-order chi connectivity index (χ1) is 8.16. The van der Waals surface area contributed by atoms with Crippen LogP contribution in [0.25, 0.3) is 10.9 Å². The first-order valence-corrected chi connectivity index (χ1v) is 5.92. The van der Waals surface area contributed by atoms with E-state index in [2.05, 4.69) is 17.6 Å². The molecule has 0 radical (unpaired) electrons. The molecule has 2 rings (SSSR count). The number of aromatic amines is 1. The zero-order chi connectivity index (χ0) is 12.3. The normalized spacial score (nSPS) is 10.6. The summed E-state index contributed by atoms with van der Waals surface area (Å²) >= 11 is 0. The minimum atomic E-state index is -0.0194. The van der Waals surface area contributed by atoms with Gasteiger partial charge < -0.3 is 4.98 Å². The molecule has 0 aliphatic heterocycles. The van der Waals surface area contributed by atoms with Gasteiger partial charge in [0.1, 0.15) is 0 Å². The van der Waals surface area contributed by atoms with Crippen molar-refractivity contribution in [3.05, 3.63) is 58.4 Å². The third-order valence-electron chi connectivity index (χ3n) is 2.89. The topological polar surface area (TPSA) is 32.9 Å². The Morgan fingerprint density at radius 2 is 2.12 bits per heavy atom. The second-order valence-electron chi connectivity index (χ2n) is 4.52. The number of aromatic nitrogens is 1. The Labute approximate surface area is 101 Å². The highest BCUT2D eigenvalue weighted by molar-refractivity contribution is 5.81. The smallest absolute Gasteiger partial charge is 0.248 e. The van der Waals surface area contributed by atoms with Gasteiger partial charge in [-0.3, -0.25) is 4.79 Å². The van der Waals surface area contributed by atoms with E-state index in [1.807, 2.05) is 25.1 Å². The van der Waals surface area contributed by atoms with Crippen molar-refractivity contribution in [3.63, 3.8) is 0 Å². The highest BCUT2D eigenvalue weighted by Crippen LogP contribution is 2.17. The molecule has 17 heavy (non-hydrogen) atoms. The number of hydrogen-bond donors (Lipinski definition) is 1. The molecule has 1 N–H and O–H groups in total. The van der Waals surface area contributed by atoms with Crippen molar-refractivity contribution in [2.75, 3.05) is 0 Å². The molecule has 1 heterocycles. The summed E-state index contributed by atoms with van der Waals surface area (Å²) in [4.78, 5) is 14.4. The van der Waals surface area contributed by atoms with Crippen LogP contribution < -0.4 is 5.56 Å². The zero-order valence-electron chi connectivity index (χ0n) is 10.1. The van der Waals surface area contributed by atoms with Gasteiger partial charge in [0.2, 0.25) is 5.56 Å². The molecule has 88 valence electrons.